The number of carbonyl (C=O) groups is 2. The molecule has 1 N–H and O–H groups in total. The molecule has 0 radical (unpaired) electrons. The fraction of sp³-hybridized carbons (Fsp3) is 0.300. The van der Waals surface area contributed by atoms with E-state index in [4.69, 9.17) is 9.47 Å². The van der Waals surface area contributed by atoms with Gasteiger partial charge in [0, 0.05) is 19.2 Å². The Morgan fingerprint density at radius 2 is 1.93 bits per heavy atom. The number of thioether (sulfide) groups is 1. The average Bonchev–Trinajstić information content (AvgIpc) is 3.21. The van der Waals surface area contributed by atoms with E-state index in [-0.39, 0.29) is 29.2 Å². The van der Waals surface area contributed by atoms with E-state index in [2.05, 4.69) is 5.32 Å². The molecule has 2 aromatic rings. The molecule has 1 saturated heterocycles. The normalized spacial score (nSPS) is 20.8. The van der Waals surface area contributed by atoms with Gasteiger partial charge in [-0.3, -0.25) is 9.59 Å². The molecule has 2 aliphatic heterocycles. The van der Waals surface area contributed by atoms with Gasteiger partial charge < -0.3 is 19.7 Å². The zero-order valence-electron chi connectivity index (χ0n) is 15.1. The quantitative estimate of drug-likeness (QED) is 0.873. The summed E-state index contributed by atoms with van der Waals surface area (Å²) in [5.41, 5.74) is 2.78. The summed E-state index contributed by atoms with van der Waals surface area (Å²) >= 11 is 1.63. The monoisotopic (exact) mass is 384 g/mol. The van der Waals surface area contributed by atoms with Crippen LogP contribution in [-0.4, -0.2) is 28.8 Å². The highest BCUT2D eigenvalue weighted by Crippen LogP contribution is 2.44. The van der Waals surface area contributed by atoms with Gasteiger partial charge in [-0.15, -0.1) is 11.8 Å². The van der Waals surface area contributed by atoms with Gasteiger partial charge in [0.05, 0.1) is 5.25 Å². The molecule has 2 heterocycles. The van der Waals surface area contributed by atoms with Crippen molar-refractivity contribution in [1.82, 2.24) is 4.90 Å². The lowest BCUT2D eigenvalue weighted by Crippen LogP contribution is -2.29. The Labute approximate surface area is 161 Å². The first-order valence-electron chi connectivity index (χ1n) is 8.73. The van der Waals surface area contributed by atoms with E-state index in [1.165, 1.54) is 6.92 Å². The molecular weight excluding hydrogens is 364 g/mol. The number of ether oxygens (including phenoxy) is 2. The van der Waals surface area contributed by atoms with Crippen LogP contribution in [0.3, 0.4) is 0 Å². The molecular formula is C20H20N2O4S. The molecule has 0 aliphatic carbocycles. The summed E-state index contributed by atoms with van der Waals surface area (Å²) in [6, 6.07) is 13.4. The third-order valence-electron chi connectivity index (χ3n) is 4.55. The fourth-order valence-corrected chi connectivity index (χ4v) is 4.54. The van der Waals surface area contributed by atoms with Crippen molar-refractivity contribution in [1.29, 1.82) is 0 Å². The largest absolute Gasteiger partial charge is 0.454 e. The maximum atomic E-state index is 12.7. The zero-order valence-corrected chi connectivity index (χ0v) is 15.9. The zero-order chi connectivity index (χ0) is 19.0. The first-order chi connectivity index (χ1) is 13.0. The van der Waals surface area contributed by atoms with Crippen LogP contribution in [0.2, 0.25) is 0 Å². The Morgan fingerprint density at radius 3 is 2.67 bits per heavy atom. The standard InChI is InChI=1S/C20H20N2O4S/c1-12-19(24)22(10-14-3-8-17-18(9-14)26-11-25-17)20(27-12)15-4-6-16(7-5-15)21-13(2)23/h3-9,12,20H,10-11H2,1-2H3,(H,21,23). The lowest BCUT2D eigenvalue weighted by molar-refractivity contribution is -0.130. The van der Waals surface area contributed by atoms with Crippen molar-refractivity contribution >= 4 is 29.3 Å². The minimum Gasteiger partial charge on any atom is -0.454 e. The summed E-state index contributed by atoms with van der Waals surface area (Å²) < 4.78 is 10.8. The molecule has 2 aliphatic rings. The highest BCUT2D eigenvalue weighted by atomic mass is 32.2. The number of nitrogens with one attached hydrogen (secondary N) is 1. The molecule has 2 amide bonds. The summed E-state index contributed by atoms with van der Waals surface area (Å²) in [6.07, 6.45) is 0. The smallest absolute Gasteiger partial charge is 0.236 e. The third-order valence-corrected chi connectivity index (χ3v) is 5.95. The topological polar surface area (TPSA) is 67.9 Å². The highest BCUT2D eigenvalue weighted by molar-refractivity contribution is 8.01. The molecule has 6 nitrogen and oxygen atoms in total. The minimum absolute atomic E-state index is 0.0655. The van der Waals surface area contributed by atoms with Crippen LogP contribution in [0.1, 0.15) is 30.3 Å². The Bertz CT molecular complexity index is 884. The van der Waals surface area contributed by atoms with Crippen molar-refractivity contribution in [3.05, 3.63) is 53.6 Å². The summed E-state index contributed by atoms with van der Waals surface area (Å²) in [6.45, 7) is 4.15. The van der Waals surface area contributed by atoms with Gasteiger partial charge in [-0.2, -0.15) is 0 Å². The minimum atomic E-state index is -0.105. The second kappa shape index (κ2) is 7.15. The first-order valence-corrected chi connectivity index (χ1v) is 9.67. The Hall–Kier alpha value is -2.67. The van der Waals surface area contributed by atoms with Crippen LogP contribution < -0.4 is 14.8 Å². The van der Waals surface area contributed by atoms with Crippen molar-refractivity contribution < 1.29 is 19.1 Å². The van der Waals surface area contributed by atoms with E-state index in [0.717, 1.165) is 28.3 Å². The summed E-state index contributed by atoms with van der Waals surface area (Å²) in [5.74, 6) is 1.47. The molecule has 2 aromatic carbocycles. The van der Waals surface area contributed by atoms with Crippen LogP contribution in [0.25, 0.3) is 0 Å². The fourth-order valence-electron chi connectivity index (χ4n) is 3.26. The van der Waals surface area contributed by atoms with Gasteiger partial charge >= 0.3 is 0 Å². The van der Waals surface area contributed by atoms with Crippen LogP contribution in [-0.2, 0) is 16.1 Å². The van der Waals surface area contributed by atoms with Gasteiger partial charge in [0.15, 0.2) is 11.5 Å². The van der Waals surface area contributed by atoms with Crippen molar-refractivity contribution in [3.8, 4) is 11.5 Å². The van der Waals surface area contributed by atoms with E-state index in [1.807, 2.05) is 54.3 Å². The van der Waals surface area contributed by atoms with E-state index < -0.39 is 0 Å². The maximum Gasteiger partial charge on any atom is 0.236 e. The van der Waals surface area contributed by atoms with Gasteiger partial charge in [0.25, 0.3) is 0 Å². The van der Waals surface area contributed by atoms with Gasteiger partial charge in [-0.1, -0.05) is 18.2 Å². The number of hydrogen-bond donors (Lipinski definition) is 1. The van der Waals surface area contributed by atoms with Gasteiger partial charge in [-0.25, -0.2) is 0 Å². The maximum absolute atomic E-state index is 12.7. The third kappa shape index (κ3) is 3.60. The van der Waals surface area contributed by atoms with E-state index >= 15 is 0 Å². The van der Waals surface area contributed by atoms with Crippen molar-refractivity contribution in [2.75, 3.05) is 12.1 Å². The number of fused-ring (bicyclic) bond motifs is 1. The molecule has 0 spiro atoms. The second-order valence-corrected chi connectivity index (χ2v) is 8.01. The van der Waals surface area contributed by atoms with E-state index in [9.17, 15) is 9.59 Å². The summed E-state index contributed by atoms with van der Waals surface area (Å²) in [7, 11) is 0. The second-order valence-electron chi connectivity index (χ2n) is 6.59. The van der Waals surface area contributed by atoms with Crippen LogP contribution in [0.4, 0.5) is 5.69 Å². The Morgan fingerprint density at radius 1 is 1.19 bits per heavy atom. The number of rotatable bonds is 4. The molecule has 140 valence electrons. The molecule has 0 saturated carbocycles. The molecule has 0 bridgehead atoms. The van der Waals surface area contributed by atoms with Crippen molar-refractivity contribution in [2.24, 2.45) is 0 Å². The number of carbonyl (C=O) groups excluding carboxylic acids is 2. The molecule has 2 atom stereocenters. The lowest BCUT2D eigenvalue weighted by Gasteiger charge is -2.24. The van der Waals surface area contributed by atoms with Crippen LogP contribution in [0, 0.1) is 0 Å². The molecule has 2 unspecified atom stereocenters. The summed E-state index contributed by atoms with van der Waals surface area (Å²) in [5, 5.41) is 2.60. The number of benzene rings is 2. The number of nitrogens with zero attached hydrogens (tertiary/aromatic N) is 1. The van der Waals surface area contributed by atoms with Crippen LogP contribution >= 0.6 is 11.8 Å². The number of amides is 2. The molecule has 4 rings (SSSR count). The Kier molecular flexibility index (Phi) is 4.70. The highest BCUT2D eigenvalue weighted by Gasteiger charge is 2.38. The first kappa shape index (κ1) is 17.7. The SMILES string of the molecule is CC(=O)Nc1ccc(C2SC(C)C(=O)N2Cc2ccc3c(c2)OCO3)cc1. The number of anilines is 1. The van der Waals surface area contributed by atoms with Gasteiger partial charge in [-0.05, 0) is 42.3 Å². The molecule has 27 heavy (non-hydrogen) atoms. The molecule has 0 aromatic heterocycles. The predicted molar refractivity (Wildman–Crippen MR) is 104 cm³/mol. The van der Waals surface area contributed by atoms with Gasteiger partial charge in [0.2, 0.25) is 18.6 Å². The van der Waals surface area contributed by atoms with Crippen LogP contribution in [0.15, 0.2) is 42.5 Å². The van der Waals surface area contributed by atoms with Crippen LogP contribution in [0.5, 0.6) is 11.5 Å². The average molecular weight is 384 g/mol. The van der Waals surface area contributed by atoms with E-state index in [0.29, 0.717) is 6.54 Å². The predicted octanol–water partition coefficient (Wildman–Crippen LogP) is 3.54. The lowest BCUT2D eigenvalue weighted by atomic mass is 10.1. The molecule has 7 heteroatoms. The molecule has 1 fully saturated rings. The number of hydrogen-bond acceptors (Lipinski definition) is 5. The summed E-state index contributed by atoms with van der Waals surface area (Å²) in [4.78, 5) is 25.8. The van der Waals surface area contributed by atoms with Crippen molar-refractivity contribution in [2.45, 2.75) is 31.0 Å². The van der Waals surface area contributed by atoms with Gasteiger partial charge in [0.1, 0.15) is 5.37 Å². The van der Waals surface area contributed by atoms with Crippen molar-refractivity contribution in [3.63, 3.8) is 0 Å². The Balaban J connectivity index is 1.56. The van der Waals surface area contributed by atoms with E-state index in [1.54, 1.807) is 11.8 Å².